The van der Waals surface area contributed by atoms with Crippen molar-refractivity contribution in [3.05, 3.63) is 28.2 Å². The van der Waals surface area contributed by atoms with Crippen LogP contribution in [0.15, 0.2) is 17.1 Å². The predicted octanol–water partition coefficient (Wildman–Crippen LogP) is 2.20. The Morgan fingerprint density at radius 1 is 1.23 bits per heavy atom. The fourth-order valence-corrected chi connectivity index (χ4v) is 4.83. The van der Waals surface area contributed by atoms with Gasteiger partial charge in [0, 0.05) is 57.9 Å². The van der Waals surface area contributed by atoms with Crippen LogP contribution >= 0.6 is 0 Å². The maximum Gasteiger partial charge on any atom is 0.260 e. The summed E-state index contributed by atoms with van der Waals surface area (Å²) in [7, 11) is 3.54. The average Bonchev–Trinajstić information content (AvgIpc) is 2.74. The summed E-state index contributed by atoms with van der Waals surface area (Å²) in [5, 5.41) is 0. The van der Waals surface area contributed by atoms with E-state index in [1.54, 1.807) is 13.3 Å². The monoisotopic (exact) mass is 419 g/mol. The Labute approximate surface area is 179 Å². The van der Waals surface area contributed by atoms with Crippen molar-refractivity contribution < 1.29 is 14.3 Å². The number of aromatic nitrogens is 1. The molecular formula is C23H37N3O4. The number of hydrogen-bond donors (Lipinski definition) is 0. The molecule has 0 saturated carbocycles. The lowest BCUT2D eigenvalue weighted by atomic mass is 9.83. The number of piperidine rings is 2. The van der Waals surface area contributed by atoms with E-state index in [0.29, 0.717) is 25.1 Å². The number of pyridine rings is 1. The van der Waals surface area contributed by atoms with Crippen molar-refractivity contribution in [2.24, 2.45) is 13.0 Å². The molecule has 2 unspecified atom stereocenters. The Bertz CT molecular complexity index is 761. The van der Waals surface area contributed by atoms with E-state index in [4.69, 9.17) is 9.47 Å². The summed E-state index contributed by atoms with van der Waals surface area (Å²) in [6.45, 7) is 6.20. The number of fused-ring (bicyclic) bond motifs is 1. The number of hydrogen-bond acceptors (Lipinski definition) is 5. The zero-order chi connectivity index (χ0) is 21.5. The van der Waals surface area contributed by atoms with Gasteiger partial charge in [0.25, 0.3) is 5.91 Å². The molecule has 7 nitrogen and oxygen atoms in total. The largest absolute Gasteiger partial charge is 0.478 e. The molecule has 1 aromatic rings. The number of ether oxygens (including phenoxy) is 2. The third kappa shape index (κ3) is 5.85. The molecule has 2 saturated heterocycles. The highest BCUT2D eigenvalue weighted by atomic mass is 16.5. The second-order valence-electron chi connectivity index (χ2n) is 8.73. The summed E-state index contributed by atoms with van der Waals surface area (Å²) in [6, 6.07) is 2.13. The van der Waals surface area contributed by atoms with Crippen molar-refractivity contribution in [3.63, 3.8) is 0 Å². The summed E-state index contributed by atoms with van der Waals surface area (Å²) < 4.78 is 12.7. The fourth-order valence-electron chi connectivity index (χ4n) is 4.83. The number of carbonyl (C=O) groups excluding carboxylic acids is 1. The van der Waals surface area contributed by atoms with E-state index in [2.05, 4.69) is 4.90 Å². The molecule has 7 heteroatoms. The van der Waals surface area contributed by atoms with Crippen molar-refractivity contribution in [2.75, 3.05) is 46.5 Å². The van der Waals surface area contributed by atoms with Crippen LogP contribution in [0.5, 0.6) is 5.75 Å². The number of amides is 1. The summed E-state index contributed by atoms with van der Waals surface area (Å²) in [6.07, 6.45) is 8.65. The van der Waals surface area contributed by atoms with Crippen LogP contribution in [0.25, 0.3) is 0 Å². The quantitative estimate of drug-likeness (QED) is 0.574. The van der Waals surface area contributed by atoms with E-state index < -0.39 is 0 Å². The van der Waals surface area contributed by atoms with Gasteiger partial charge in [0.05, 0.1) is 0 Å². The van der Waals surface area contributed by atoms with Gasteiger partial charge in [0.2, 0.25) is 5.43 Å². The molecule has 3 rings (SSSR count). The van der Waals surface area contributed by atoms with Crippen molar-refractivity contribution in [1.29, 1.82) is 0 Å². The third-order valence-electron chi connectivity index (χ3n) is 6.61. The van der Waals surface area contributed by atoms with E-state index >= 15 is 0 Å². The van der Waals surface area contributed by atoms with Crippen LogP contribution in [-0.2, 0) is 16.6 Å². The number of methoxy groups -OCH3 is 1. The molecule has 1 aromatic heterocycles. The maximum absolute atomic E-state index is 13.0. The summed E-state index contributed by atoms with van der Waals surface area (Å²) in [4.78, 5) is 29.8. The van der Waals surface area contributed by atoms with Gasteiger partial charge in [-0.15, -0.1) is 0 Å². The molecule has 0 N–H and O–H groups in total. The Balaban J connectivity index is 1.64. The van der Waals surface area contributed by atoms with E-state index in [0.717, 1.165) is 18.7 Å². The molecule has 2 atom stereocenters. The second kappa shape index (κ2) is 11.0. The van der Waals surface area contributed by atoms with Gasteiger partial charge in [-0.1, -0.05) is 6.42 Å². The fraction of sp³-hybridized carbons (Fsp3) is 0.739. The SMILES string of the molecule is COCCCN(CC1CCCN2CCCCC12)C(=O)COc1cn(C)c(C)cc1=O. The van der Waals surface area contributed by atoms with Crippen LogP contribution in [0.2, 0.25) is 0 Å². The van der Waals surface area contributed by atoms with Gasteiger partial charge in [-0.3, -0.25) is 9.59 Å². The molecular weight excluding hydrogens is 382 g/mol. The van der Waals surface area contributed by atoms with Gasteiger partial charge in [0.15, 0.2) is 12.4 Å². The number of carbonyl (C=O) groups is 1. The number of nitrogens with zero attached hydrogens (tertiary/aromatic N) is 3. The molecule has 3 heterocycles. The molecule has 0 spiro atoms. The van der Waals surface area contributed by atoms with Gasteiger partial charge in [-0.2, -0.15) is 0 Å². The lowest BCUT2D eigenvalue weighted by Gasteiger charge is -2.45. The van der Waals surface area contributed by atoms with Crippen molar-refractivity contribution >= 4 is 5.91 Å². The first-order valence-electron chi connectivity index (χ1n) is 11.3. The van der Waals surface area contributed by atoms with Crippen molar-refractivity contribution in [2.45, 2.75) is 51.5 Å². The van der Waals surface area contributed by atoms with Crippen molar-refractivity contribution in [1.82, 2.24) is 14.4 Å². The summed E-state index contributed by atoms with van der Waals surface area (Å²) in [5.41, 5.74) is 0.670. The molecule has 2 aliphatic rings. The molecule has 0 aliphatic carbocycles. The maximum atomic E-state index is 13.0. The lowest BCUT2D eigenvalue weighted by Crippen LogP contribution is -2.52. The molecule has 0 radical (unpaired) electrons. The first-order valence-corrected chi connectivity index (χ1v) is 11.3. The van der Waals surface area contributed by atoms with Gasteiger partial charge in [-0.25, -0.2) is 0 Å². The van der Waals surface area contributed by atoms with E-state index in [-0.39, 0.29) is 23.7 Å². The Kier molecular flexibility index (Phi) is 8.33. The van der Waals surface area contributed by atoms with Crippen LogP contribution in [0.3, 0.4) is 0 Å². The van der Waals surface area contributed by atoms with E-state index in [1.165, 1.54) is 51.3 Å². The normalized spacial score (nSPS) is 21.8. The lowest BCUT2D eigenvalue weighted by molar-refractivity contribution is -0.135. The van der Waals surface area contributed by atoms with Gasteiger partial charge >= 0.3 is 0 Å². The zero-order valence-corrected chi connectivity index (χ0v) is 18.8. The topological polar surface area (TPSA) is 64.0 Å². The van der Waals surface area contributed by atoms with Crippen LogP contribution in [0, 0.1) is 12.8 Å². The Morgan fingerprint density at radius 3 is 2.83 bits per heavy atom. The zero-order valence-electron chi connectivity index (χ0n) is 18.8. The van der Waals surface area contributed by atoms with Crippen LogP contribution < -0.4 is 10.2 Å². The predicted molar refractivity (Wildman–Crippen MR) is 117 cm³/mol. The Hall–Kier alpha value is -1.86. The molecule has 0 aromatic carbocycles. The number of aryl methyl sites for hydroxylation is 2. The van der Waals surface area contributed by atoms with Gasteiger partial charge in [0.1, 0.15) is 0 Å². The minimum Gasteiger partial charge on any atom is -0.478 e. The first-order chi connectivity index (χ1) is 14.5. The minimum atomic E-state index is -0.186. The highest BCUT2D eigenvalue weighted by Gasteiger charge is 2.34. The number of rotatable bonds is 9. The summed E-state index contributed by atoms with van der Waals surface area (Å²) in [5.74, 6) is 0.684. The molecule has 30 heavy (non-hydrogen) atoms. The third-order valence-corrected chi connectivity index (χ3v) is 6.61. The second-order valence-corrected chi connectivity index (χ2v) is 8.73. The van der Waals surface area contributed by atoms with Crippen molar-refractivity contribution in [3.8, 4) is 5.75 Å². The molecule has 1 amide bonds. The van der Waals surface area contributed by atoms with Gasteiger partial charge < -0.3 is 23.8 Å². The van der Waals surface area contributed by atoms with Crippen LogP contribution in [0.4, 0.5) is 0 Å². The minimum absolute atomic E-state index is 0.0540. The standard InChI is InChI=1S/C23H37N3O4/c1-18-14-21(27)22(16-24(18)2)30-17-23(28)26(12-7-13-29-3)15-19-8-6-11-25-10-5-4-9-20(19)25/h14,16,19-20H,4-13,15,17H2,1-3H3. The molecule has 0 bridgehead atoms. The smallest absolute Gasteiger partial charge is 0.260 e. The first kappa shape index (κ1) is 22.8. The van der Waals surface area contributed by atoms with E-state index in [9.17, 15) is 9.59 Å². The molecule has 168 valence electrons. The molecule has 2 fully saturated rings. The average molecular weight is 420 g/mol. The highest BCUT2D eigenvalue weighted by Crippen LogP contribution is 2.31. The highest BCUT2D eigenvalue weighted by molar-refractivity contribution is 5.77. The van der Waals surface area contributed by atoms with Crippen LogP contribution in [-0.4, -0.2) is 72.8 Å². The summed E-state index contributed by atoms with van der Waals surface area (Å²) >= 11 is 0. The van der Waals surface area contributed by atoms with Gasteiger partial charge in [-0.05, 0) is 58.0 Å². The van der Waals surface area contributed by atoms with E-state index in [1.807, 2.05) is 23.4 Å². The van der Waals surface area contributed by atoms with Crippen LogP contribution in [0.1, 0.15) is 44.2 Å². The Morgan fingerprint density at radius 2 is 2.03 bits per heavy atom. The molecule has 2 aliphatic heterocycles.